The van der Waals surface area contributed by atoms with Crippen molar-refractivity contribution in [2.24, 2.45) is 7.05 Å². The van der Waals surface area contributed by atoms with E-state index in [9.17, 15) is 19.5 Å². The van der Waals surface area contributed by atoms with Crippen molar-refractivity contribution >= 4 is 5.91 Å². The lowest BCUT2D eigenvalue weighted by atomic mass is 10.1. The number of hydrogen-bond donors (Lipinski definition) is 2. The minimum atomic E-state index is -0.764. The van der Waals surface area contributed by atoms with Gasteiger partial charge in [0.2, 0.25) is 0 Å². The van der Waals surface area contributed by atoms with Gasteiger partial charge in [0.1, 0.15) is 5.69 Å². The molecule has 1 fully saturated rings. The van der Waals surface area contributed by atoms with Crippen LogP contribution in [0, 0.1) is 0 Å². The van der Waals surface area contributed by atoms with E-state index >= 15 is 0 Å². The summed E-state index contributed by atoms with van der Waals surface area (Å²) in [6.45, 7) is 0.844. The van der Waals surface area contributed by atoms with Crippen molar-refractivity contribution in [2.45, 2.75) is 25.0 Å². The second kappa shape index (κ2) is 6.48. The van der Waals surface area contributed by atoms with Gasteiger partial charge in [-0.15, -0.1) is 0 Å². The van der Waals surface area contributed by atoms with Crippen molar-refractivity contribution in [3.63, 3.8) is 0 Å². The molecule has 0 aliphatic carbocycles. The molecule has 0 radical (unpaired) electrons. The summed E-state index contributed by atoms with van der Waals surface area (Å²) in [5.41, 5.74) is -0.433. The smallest absolute Gasteiger partial charge is 0.328 e. The van der Waals surface area contributed by atoms with Crippen LogP contribution >= 0.6 is 0 Å². The van der Waals surface area contributed by atoms with Crippen molar-refractivity contribution in [2.75, 3.05) is 13.1 Å². The molecule has 1 aliphatic heterocycles. The average Bonchev–Trinajstić information content (AvgIpc) is 2.87. The van der Waals surface area contributed by atoms with Gasteiger partial charge in [-0.25, -0.2) is 4.79 Å². The summed E-state index contributed by atoms with van der Waals surface area (Å²) in [5, 5.41) is 10.4. The third-order valence-electron chi connectivity index (χ3n) is 4.49. The molecule has 3 heterocycles. The average molecular weight is 332 g/mol. The Hall–Kier alpha value is -2.61. The van der Waals surface area contributed by atoms with Crippen LogP contribution in [0.5, 0.6) is 0 Å². The van der Waals surface area contributed by atoms with Gasteiger partial charge < -0.3 is 14.6 Å². The fraction of sp³-hybridized carbons (Fsp3) is 0.438. The molecule has 24 heavy (non-hydrogen) atoms. The summed E-state index contributed by atoms with van der Waals surface area (Å²) >= 11 is 0. The molecule has 0 unspecified atom stereocenters. The van der Waals surface area contributed by atoms with E-state index in [1.807, 2.05) is 19.3 Å². The highest BCUT2D eigenvalue weighted by Crippen LogP contribution is 2.22. The monoisotopic (exact) mass is 332 g/mol. The van der Waals surface area contributed by atoms with Crippen LogP contribution in [0.2, 0.25) is 0 Å². The number of aromatic amines is 1. The molecule has 2 aromatic rings. The van der Waals surface area contributed by atoms with Gasteiger partial charge in [-0.3, -0.25) is 19.1 Å². The number of aryl methyl sites for hydroxylation is 1. The summed E-state index contributed by atoms with van der Waals surface area (Å²) in [4.78, 5) is 39.6. The molecular weight excluding hydrogens is 312 g/mol. The number of carbonyl (C=O) groups is 1. The Morgan fingerprint density at radius 2 is 1.96 bits per heavy atom. The number of nitrogens with one attached hydrogen (secondary N) is 1. The first-order valence-electron chi connectivity index (χ1n) is 7.87. The molecule has 2 atom stereocenters. The molecule has 8 heteroatoms. The van der Waals surface area contributed by atoms with Gasteiger partial charge in [0, 0.05) is 38.6 Å². The summed E-state index contributed by atoms with van der Waals surface area (Å²) in [6, 6.07) is 4.35. The molecule has 128 valence electrons. The highest BCUT2D eigenvalue weighted by Gasteiger charge is 2.29. The van der Waals surface area contributed by atoms with E-state index in [-0.39, 0.29) is 5.91 Å². The number of H-pyrrole nitrogens is 1. The highest BCUT2D eigenvalue weighted by atomic mass is 16.3. The van der Waals surface area contributed by atoms with Gasteiger partial charge in [0.25, 0.3) is 11.5 Å². The van der Waals surface area contributed by atoms with Gasteiger partial charge in [-0.2, -0.15) is 0 Å². The quantitative estimate of drug-likeness (QED) is 0.789. The zero-order valence-electron chi connectivity index (χ0n) is 13.4. The number of amides is 1. The van der Waals surface area contributed by atoms with Gasteiger partial charge in [0.05, 0.1) is 12.1 Å². The topological polar surface area (TPSA) is 100 Å². The second-order valence-electron chi connectivity index (χ2n) is 6.03. The lowest BCUT2D eigenvalue weighted by Crippen LogP contribution is -2.36. The molecule has 0 spiro atoms. The third kappa shape index (κ3) is 3.05. The van der Waals surface area contributed by atoms with E-state index in [1.165, 1.54) is 16.8 Å². The standard InChI is InChI=1S/C16H20N4O4/c1-18-7-2-3-12(18)15(23)19-8-4-11(13(21)5-9-19)20-10-6-14(22)17-16(20)24/h2-3,6-7,10-11,13,21H,4-5,8-9H2,1H3,(H,17,22,24)/t11-,13-/m0/s1. The molecule has 0 saturated carbocycles. The van der Waals surface area contributed by atoms with Gasteiger partial charge in [0.15, 0.2) is 0 Å². The van der Waals surface area contributed by atoms with Crippen LogP contribution in [0.3, 0.4) is 0 Å². The van der Waals surface area contributed by atoms with E-state index in [4.69, 9.17) is 0 Å². The molecule has 0 bridgehead atoms. The molecular formula is C16H20N4O4. The number of hydrogen-bond acceptors (Lipinski definition) is 4. The normalized spacial score (nSPS) is 21.5. The number of rotatable bonds is 2. The molecule has 2 N–H and O–H groups in total. The van der Waals surface area contributed by atoms with Crippen molar-refractivity contribution in [3.8, 4) is 0 Å². The van der Waals surface area contributed by atoms with E-state index < -0.39 is 23.4 Å². The van der Waals surface area contributed by atoms with Crippen LogP contribution in [0.4, 0.5) is 0 Å². The number of aromatic nitrogens is 3. The number of aliphatic hydroxyl groups excluding tert-OH is 1. The van der Waals surface area contributed by atoms with Gasteiger partial charge >= 0.3 is 5.69 Å². The highest BCUT2D eigenvalue weighted by molar-refractivity contribution is 5.92. The lowest BCUT2D eigenvalue weighted by Gasteiger charge is -2.22. The summed E-state index contributed by atoms with van der Waals surface area (Å²) < 4.78 is 3.09. The van der Waals surface area contributed by atoms with Crippen molar-refractivity contribution < 1.29 is 9.90 Å². The zero-order chi connectivity index (χ0) is 17.3. The summed E-state index contributed by atoms with van der Waals surface area (Å²) in [5.74, 6) is -0.0934. The Morgan fingerprint density at radius 1 is 1.21 bits per heavy atom. The fourth-order valence-corrected chi connectivity index (χ4v) is 3.13. The number of likely N-dealkylation sites (tertiary alicyclic amines) is 1. The summed E-state index contributed by atoms with van der Waals surface area (Å²) in [7, 11) is 1.81. The minimum Gasteiger partial charge on any atom is -0.391 e. The van der Waals surface area contributed by atoms with E-state index in [2.05, 4.69) is 4.98 Å². The Kier molecular flexibility index (Phi) is 4.39. The van der Waals surface area contributed by atoms with Gasteiger partial charge in [-0.05, 0) is 25.0 Å². The van der Waals surface area contributed by atoms with E-state index in [0.29, 0.717) is 31.6 Å². The van der Waals surface area contributed by atoms with E-state index in [0.717, 1.165) is 0 Å². The van der Waals surface area contributed by atoms with Crippen molar-refractivity contribution in [1.82, 2.24) is 19.0 Å². The molecule has 1 amide bonds. The van der Waals surface area contributed by atoms with Gasteiger partial charge in [-0.1, -0.05) is 0 Å². The molecule has 1 saturated heterocycles. The lowest BCUT2D eigenvalue weighted by molar-refractivity contribution is 0.0742. The Morgan fingerprint density at radius 3 is 2.62 bits per heavy atom. The SMILES string of the molecule is Cn1cccc1C(=O)N1CC[C@H](O)[C@@H](n2ccc(=O)[nH]c2=O)CC1. The van der Waals surface area contributed by atoms with Crippen molar-refractivity contribution in [3.05, 3.63) is 57.1 Å². The van der Waals surface area contributed by atoms with Crippen LogP contribution in [0.15, 0.2) is 40.2 Å². The van der Waals surface area contributed by atoms with Crippen LogP contribution in [0.1, 0.15) is 29.4 Å². The number of carbonyl (C=O) groups excluding carboxylic acids is 1. The Balaban J connectivity index is 1.80. The van der Waals surface area contributed by atoms with Crippen LogP contribution in [-0.2, 0) is 7.05 Å². The molecule has 0 aromatic carbocycles. The minimum absolute atomic E-state index is 0.0934. The third-order valence-corrected chi connectivity index (χ3v) is 4.49. The second-order valence-corrected chi connectivity index (χ2v) is 6.03. The Bertz CT molecular complexity index is 850. The maximum Gasteiger partial charge on any atom is 0.328 e. The maximum atomic E-state index is 12.6. The van der Waals surface area contributed by atoms with Crippen LogP contribution in [-0.4, -0.2) is 49.2 Å². The molecule has 8 nitrogen and oxygen atoms in total. The zero-order valence-corrected chi connectivity index (χ0v) is 13.4. The fourth-order valence-electron chi connectivity index (χ4n) is 3.13. The number of nitrogens with zero attached hydrogens (tertiary/aromatic N) is 3. The molecule has 3 rings (SSSR count). The predicted molar refractivity (Wildman–Crippen MR) is 86.9 cm³/mol. The molecule has 1 aliphatic rings. The Labute approximate surface area is 138 Å². The van der Waals surface area contributed by atoms with E-state index in [1.54, 1.807) is 15.5 Å². The van der Waals surface area contributed by atoms with Crippen LogP contribution < -0.4 is 11.2 Å². The first kappa shape index (κ1) is 16.3. The largest absolute Gasteiger partial charge is 0.391 e. The molecule has 2 aromatic heterocycles. The van der Waals surface area contributed by atoms with Crippen molar-refractivity contribution in [1.29, 1.82) is 0 Å². The first-order chi connectivity index (χ1) is 11.5. The summed E-state index contributed by atoms with van der Waals surface area (Å²) in [6.07, 6.45) is 3.24. The number of aliphatic hydroxyl groups is 1. The first-order valence-corrected chi connectivity index (χ1v) is 7.87. The van der Waals surface area contributed by atoms with Crippen LogP contribution in [0.25, 0.3) is 0 Å². The predicted octanol–water partition coefficient (Wildman–Crippen LogP) is -0.287. The maximum absolute atomic E-state index is 12.6.